The first-order chi connectivity index (χ1) is 7.65. The number of aryl methyl sites for hydroxylation is 1. The molecular formula is C11H10F2N2O. The highest BCUT2D eigenvalue weighted by atomic mass is 19.1. The molecule has 0 amide bonds. The monoisotopic (exact) mass is 224 g/mol. The van der Waals surface area contributed by atoms with E-state index in [0.29, 0.717) is 12.3 Å². The molecule has 0 aliphatic rings. The van der Waals surface area contributed by atoms with Crippen molar-refractivity contribution in [2.45, 2.75) is 13.5 Å². The number of hydrogen-bond donors (Lipinski definition) is 1. The summed E-state index contributed by atoms with van der Waals surface area (Å²) in [7, 11) is 0. The average Bonchev–Trinajstić information content (AvgIpc) is 2.63. The van der Waals surface area contributed by atoms with Crippen molar-refractivity contribution < 1.29 is 13.2 Å². The van der Waals surface area contributed by atoms with Crippen molar-refractivity contribution in [3.63, 3.8) is 0 Å². The van der Waals surface area contributed by atoms with Gasteiger partial charge in [-0.25, -0.2) is 13.8 Å². The topological polar surface area (TPSA) is 38.1 Å². The van der Waals surface area contributed by atoms with E-state index in [4.69, 9.17) is 4.42 Å². The largest absolute Gasteiger partial charge is 0.465 e. The number of halogens is 2. The highest BCUT2D eigenvalue weighted by Gasteiger charge is 2.05. The zero-order valence-electron chi connectivity index (χ0n) is 8.63. The molecule has 2 rings (SSSR count). The molecule has 2 heterocycles. The van der Waals surface area contributed by atoms with Crippen LogP contribution in [-0.4, -0.2) is 4.98 Å². The van der Waals surface area contributed by atoms with Gasteiger partial charge in [0, 0.05) is 6.07 Å². The molecule has 3 nitrogen and oxygen atoms in total. The minimum atomic E-state index is -0.719. The van der Waals surface area contributed by atoms with Crippen LogP contribution >= 0.6 is 0 Å². The number of pyridine rings is 1. The molecule has 0 aromatic carbocycles. The van der Waals surface area contributed by atoms with Crippen LogP contribution in [0.25, 0.3) is 0 Å². The summed E-state index contributed by atoms with van der Waals surface area (Å²) in [5.74, 6) is 0.0444. The summed E-state index contributed by atoms with van der Waals surface area (Å²) in [6, 6.07) is 4.37. The van der Waals surface area contributed by atoms with E-state index in [-0.39, 0.29) is 5.82 Å². The molecule has 0 atom stereocenters. The van der Waals surface area contributed by atoms with E-state index in [9.17, 15) is 8.78 Å². The lowest BCUT2D eigenvalue weighted by molar-refractivity contribution is 0.489. The Hall–Kier alpha value is -1.91. The standard InChI is InChI=1S/C11H10F2N2O/c1-7-2-3-9(16-7)6-15-11-10(13)4-8(12)5-14-11/h2-5H,6H2,1H3,(H,14,15). The van der Waals surface area contributed by atoms with E-state index in [2.05, 4.69) is 10.3 Å². The first-order valence-corrected chi connectivity index (χ1v) is 4.75. The summed E-state index contributed by atoms with van der Waals surface area (Å²) in [4.78, 5) is 3.60. The second-order valence-electron chi connectivity index (χ2n) is 3.35. The molecular weight excluding hydrogens is 214 g/mol. The molecule has 1 N–H and O–H groups in total. The van der Waals surface area contributed by atoms with E-state index in [1.165, 1.54) is 0 Å². The van der Waals surface area contributed by atoms with Gasteiger partial charge in [-0.05, 0) is 19.1 Å². The van der Waals surface area contributed by atoms with E-state index >= 15 is 0 Å². The first-order valence-electron chi connectivity index (χ1n) is 4.75. The Morgan fingerprint density at radius 3 is 2.81 bits per heavy atom. The van der Waals surface area contributed by atoms with Crippen LogP contribution in [-0.2, 0) is 6.54 Å². The molecule has 0 radical (unpaired) electrons. The van der Waals surface area contributed by atoms with Gasteiger partial charge in [0.15, 0.2) is 11.6 Å². The zero-order chi connectivity index (χ0) is 11.5. The van der Waals surface area contributed by atoms with Crippen molar-refractivity contribution in [2.24, 2.45) is 0 Å². The summed E-state index contributed by atoms with van der Waals surface area (Å²) < 4.78 is 31.0. The summed E-state index contributed by atoms with van der Waals surface area (Å²) in [5.41, 5.74) is 0. The summed E-state index contributed by atoms with van der Waals surface area (Å²) in [6.45, 7) is 2.13. The third-order valence-corrected chi connectivity index (χ3v) is 2.03. The summed E-state index contributed by atoms with van der Waals surface area (Å²) >= 11 is 0. The Kier molecular flexibility index (Phi) is 2.85. The second-order valence-corrected chi connectivity index (χ2v) is 3.35. The molecule has 0 saturated heterocycles. The van der Waals surface area contributed by atoms with Crippen LogP contribution in [0, 0.1) is 18.6 Å². The quantitative estimate of drug-likeness (QED) is 0.871. The summed E-state index contributed by atoms with van der Waals surface area (Å²) in [5, 5.41) is 2.72. The molecule has 5 heteroatoms. The van der Waals surface area contributed by atoms with Crippen LogP contribution in [0.15, 0.2) is 28.8 Å². The molecule has 16 heavy (non-hydrogen) atoms. The molecule has 0 fully saturated rings. The van der Waals surface area contributed by atoms with Crippen LogP contribution in [0.1, 0.15) is 11.5 Å². The SMILES string of the molecule is Cc1ccc(CNc2ncc(F)cc2F)o1. The lowest BCUT2D eigenvalue weighted by Gasteiger charge is -2.04. The van der Waals surface area contributed by atoms with Gasteiger partial charge < -0.3 is 9.73 Å². The van der Waals surface area contributed by atoms with Gasteiger partial charge >= 0.3 is 0 Å². The van der Waals surface area contributed by atoms with Crippen LogP contribution in [0.3, 0.4) is 0 Å². The van der Waals surface area contributed by atoms with Gasteiger partial charge in [-0.1, -0.05) is 0 Å². The number of hydrogen-bond acceptors (Lipinski definition) is 3. The highest BCUT2D eigenvalue weighted by Crippen LogP contribution is 2.13. The Bertz CT molecular complexity index is 496. The third-order valence-electron chi connectivity index (χ3n) is 2.03. The first kappa shape index (κ1) is 10.6. The normalized spacial score (nSPS) is 10.4. The van der Waals surface area contributed by atoms with Crippen molar-refractivity contribution >= 4 is 5.82 Å². The molecule has 0 saturated carbocycles. The average molecular weight is 224 g/mol. The molecule has 2 aromatic rings. The fourth-order valence-electron chi connectivity index (χ4n) is 1.30. The molecule has 0 aliphatic carbocycles. The van der Waals surface area contributed by atoms with Crippen molar-refractivity contribution in [3.8, 4) is 0 Å². The number of nitrogens with one attached hydrogen (secondary N) is 1. The molecule has 0 spiro atoms. The fourth-order valence-corrected chi connectivity index (χ4v) is 1.30. The summed E-state index contributed by atoms with van der Waals surface area (Å²) in [6.07, 6.45) is 0.957. The number of nitrogens with zero attached hydrogens (tertiary/aromatic N) is 1. The van der Waals surface area contributed by atoms with Gasteiger partial charge in [-0.15, -0.1) is 0 Å². The number of aromatic nitrogens is 1. The maximum Gasteiger partial charge on any atom is 0.168 e. The smallest absolute Gasteiger partial charge is 0.168 e. The van der Waals surface area contributed by atoms with Crippen LogP contribution in [0.4, 0.5) is 14.6 Å². The van der Waals surface area contributed by atoms with Crippen molar-refractivity contribution in [3.05, 3.63) is 47.6 Å². The van der Waals surface area contributed by atoms with Crippen LogP contribution in [0.2, 0.25) is 0 Å². The van der Waals surface area contributed by atoms with Gasteiger partial charge in [-0.3, -0.25) is 0 Å². The maximum absolute atomic E-state index is 13.2. The Labute approximate surface area is 91.1 Å². The number of rotatable bonds is 3. The van der Waals surface area contributed by atoms with Crippen molar-refractivity contribution in [1.29, 1.82) is 0 Å². The van der Waals surface area contributed by atoms with Gasteiger partial charge in [0.05, 0.1) is 12.7 Å². The maximum atomic E-state index is 13.2. The van der Waals surface area contributed by atoms with Gasteiger partial charge in [0.1, 0.15) is 17.3 Å². The van der Waals surface area contributed by atoms with Gasteiger partial charge in [0.2, 0.25) is 0 Å². The molecule has 0 aliphatic heterocycles. The predicted octanol–water partition coefficient (Wildman–Crippen LogP) is 2.87. The number of anilines is 1. The van der Waals surface area contributed by atoms with E-state index in [1.54, 1.807) is 6.07 Å². The van der Waals surface area contributed by atoms with Crippen LogP contribution < -0.4 is 5.32 Å². The Morgan fingerprint density at radius 1 is 1.38 bits per heavy atom. The minimum absolute atomic E-state index is 0.00968. The minimum Gasteiger partial charge on any atom is -0.465 e. The molecule has 0 unspecified atom stereocenters. The van der Waals surface area contributed by atoms with E-state index < -0.39 is 11.6 Å². The van der Waals surface area contributed by atoms with Gasteiger partial charge in [-0.2, -0.15) is 0 Å². The predicted molar refractivity (Wildman–Crippen MR) is 54.9 cm³/mol. The lowest BCUT2D eigenvalue weighted by atomic mass is 10.4. The Morgan fingerprint density at radius 2 is 2.19 bits per heavy atom. The van der Waals surface area contributed by atoms with E-state index in [0.717, 1.165) is 18.0 Å². The van der Waals surface area contributed by atoms with Gasteiger partial charge in [0.25, 0.3) is 0 Å². The van der Waals surface area contributed by atoms with Crippen molar-refractivity contribution in [2.75, 3.05) is 5.32 Å². The third kappa shape index (κ3) is 2.36. The fraction of sp³-hybridized carbons (Fsp3) is 0.182. The molecule has 84 valence electrons. The molecule has 0 bridgehead atoms. The highest BCUT2D eigenvalue weighted by molar-refractivity contribution is 5.36. The molecule has 2 aromatic heterocycles. The zero-order valence-corrected chi connectivity index (χ0v) is 8.63. The van der Waals surface area contributed by atoms with E-state index in [1.807, 2.05) is 13.0 Å². The second kappa shape index (κ2) is 4.30. The van der Waals surface area contributed by atoms with Crippen LogP contribution in [0.5, 0.6) is 0 Å². The Balaban J connectivity index is 2.04. The number of furan rings is 1. The lowest BCUT2D eigenvalue weighted by Crippen LogP contribution is -2.03. The van der Waals surface area contributed by atoms with Crippen molar-refractivity contribution in [1.82, 2.24) is 4.98 Å².